The van der Waals surface area contributed by atoms with Crippen molar-refractivity contribution in [3.63, 3.8) is 0 Å². The molecular formula is C13H23N3O3S. The van der Waals surface area contributed by atoms with Gasteiger partial charge in [-0.2, -0.15) is 4.98 Å². The van der Waals surface area contributed by atoms with Gasteiger partial charge in [0.1, 0.15) is 6.26 Å². The molecule has 6 nitrogen and oxygen atoms in total. The van der Waals surface area contributed by atoms with Crippen molar-refractivity contribution >= 4 is 15.9 Å². The number of anilines is 1. The lowest BCUT2D eigenvalue weighted by atomic mass is 10.1. The molecule has 2 rings (SSSR count). The van der Waals surface area contributed by atoms with Crippen LogP contribution in [0.25, 0.3) is 0 Å². The van der Waals surface area contributed by atoms with Crippen LogP contribution in [-0.4, -0.2) is 43.0 Å². The largest absolute Gasteiger partial charge is 0.432 e. The fourth-order valence-electron chi connectivity index (χ4n) is 2.15. The maximum atomic E-state index is 11.6. The predicted octanol–water partition coefficient (Wildman–Crippen LogP) is 1.19. The molecule has 1 saturated heterocycles. The predicted molar refractivity (Wildman–Crippen MR) is 78.6 cm³/mol. The minimum atomic E-state index is -2.92. The fraction of sp³-hybridized carbons (Fsp3) is 0.769. The maximum Gasteiger partial charge on any atom is 0.297 e. The van der Waals surface area contributed by atoms with E-state index in [-0.39, 0.29) is 23.1 Å². The van der Waals surface area contributed by atoms with E-state index in [1.807, 2.05) is 11.8 Å². The molecule has 1 fully saturated rings. The summed E-state index contributed by atoms with van der Waals surface area (Å²) in [5.74, 6) is 0.320. The first-order valence-electron chi connectivity index (χ1n) is 6.83. The first-order chi connectivity index (χ1) is 9.16. The molecule has 114 valence electrons. The van der Waals surface area contributed by atoms with Crippen LogP contribution in [0.3, 0.4) is 0 Å². The molecule has 0 spiro atoms. The smallest absolute Gasteiger partial charge is 0.297 e. The lowest BCUT2D eigenvalue weighted by Gasteiger charge is -2.31. The molecule has 0 amide bonds. The highest BCUT2D eigenvalue weighted by Gasteiger charge is 2.30. The Hall–Kier alpha value is -1.08. The summed E-state index contributed by atoms with van der Waals surface area (Å²) in [6, 6.07) is 0.411. The van der Waals surface area contributed by atoms with Crippen molar-refractivity contribution in [1.29, 1.82) is 0 Å². The number of aromatic nitrogens is 1. The third kappa shape index (κ3) is 3.96. The summed E-state index contributed by atoms with van der Waals surface area (Å²) in [5.41, 5.74) is 0.849. The maximum absolute atomic E-state index is 11.6. The van der Waals surface area contributed by atoms with Crippen molar-refractivity contribution in [1.82, 2.24) is 10.3 Å². The highest BCUT2D eigenvalue weighted by atomic mass is 32.2. The van der Waals surface area contributed by atoms with Crippen molar-refractivity contribution < 1.29 is 12.8 Å². The molecule has 0 bridgehead atoms. The van der Waals surface area contributed by atoms with Gasteiger partial charge < -0.3 is 14.6 Å². The summed E-state index contributed by atoms with van der Waals surface area (Å²) in [7, 11) is -2.92. The Kier molecular flexibility index (Phi) is 4.11. The third-order valence-electron chi connectivity index (χ3n) is 3.26. The Labute approximate surface area is 120 Å². The van der Waals surface area contributed by atoms with Crippen molar-refractivity contribution in [3.8, 4) is 0 Å². The van der Waals surface area contributed by atoms with E-state index in [0.29, 0.717) is 19.1 Å². The van der Waals surface area contributed by atoms with Gasteiger partial charge >= 0.3 is 0 Å². The van der Waals surface area contributed by atoms with Crippen molar-refractivity contribution in [3.05, 3.63) is 12.0 Å². The zero-order valence-electron chi connectivity index (χ0n) is 12.5. The van der Waals surface area contributed by atoms with Crippen molar-refractivity contribution in [2.24, 2.45) is 0 Å². The highest BCUT2D eigenvalue weighted by Crippen LogP contribution is 2.21. The van der Waals surface area contributed by atoms with Gasteiger partial charge in [0.15, 0.2) is 9.84 Å². The molecule has 0 saturated carbocycles. The van der Waals surface area contributed by atoms with Crippen LogP contribution in [0.1, 0.15) is 33.4 Å². The fourth-order valence-corrected chi connectivity index (χ4v) is 3.70. The summed E-state index contributed by atoms with van der Waals surface area (Å²) in [4.78, 5) is 6.36. The van der Waals surface area contributed by atoms with Gasteiger partial charge in [-0.3, -0.25) is 0 Å². The van der Waals surface area contributed by atoms with Crippen LogP contribution in [0.2, 0.25) is 0 Å². The first-order valence-corrected chi connectivity index (χ1v) is 8.65. The molecule has 1 atom stereocenters. The number of rotatable bonds is 3. The van der Waals surface area contributed by atoms with Crippen molar-refractivity contribution in [2.75, 3.05) is 23.0 Å². The summed E-state index contributed by atoms with van der Waals surface area (Å²) < 4.78 is 28.6. The number of sulfone groups is 1. The van der Waals surface area contributed by atoms with Crippen LogP contribution >= 0.6 is 0 Å². The molecule has 0 aliphatic carbocycles. The number of hydrogen-bond acceptors (Lipinski definition) is 6. The topological polar surface area (TPSA) is 75.4 Å². The second kappa shape index (κ2) is 5.37. The number of nitrogens with zero attached hydrogens (tertiary/aromatic N) is 2. The molecule has 1 aromatic rings. The molecule has 1 N–H and O–H groups in total. The van der Waals surface area contributed by atoms with E-state index >= 15 is 0 Å². The quantitative estimate of drug-likeness (QED) is 0.904. The first kappa shape index (κ1) is 15.3. The van der Waals surface area contributed by atoms with Crippen LogP contribution in [0.4, 0.5) is 6.01 Å². The summed E-state index contributed by atoms with van der Waals surface area (Å²) in [5, 5.41) is 3.34. The van der Waals surface area contributed by atoms with E-state index in [1.54, 1.807) is 6.26 Å². The second-order valence-electron chi connectivity index (χ2n) is 6.38. The monoisotopic (exact) mass is 301 g/mol. The average molecular weight is 301 g/mol. The second-order valence-corrected chi connectivity index (χ2v) is 8.61. The summed E-state index contributed by atoms with van der Waals surface area (Å²) in [6.07, 6.45) is 1.63. The summed E-state index contributed by atoms with van der Waals surface area (Å²) >= 11 is 0. The summed E-state index contributed by atoms with van der Waals surface area (Å²) in [6.45, 7) is 9.22. The lowest BCUT2D eigenvalue weighted by Crippen LogP contribution is -2.47. The Morgan fingerprint density at radius 2 is 2.20 bits per heavy atom. The van der Waals surface area contributed by atoms with Crippen LogP contribution in [0.15, 0.2) is 10.7 Å². The van der Waals surface area contributed by atoms with Crippen LogP contribution in [0, 0.1) is 0 Å². The Bertz CT molecular complexity index is 560. The van der Waals surface area contributed by atoms with Gasteiger partial charge in [-0.15, -0.1) is 0 Å². The standard InChI is InChI=1S/C13H23N3O3S/c1-10-9-20(17,18)6-5-16(10)12-15-11(8-19-12)7-14-13(2,3)4/h8,10,14H,5-7,9H2,1-4H3. The van der Waals surface area contributed by atoms with Crippen LogP contribution in [0.5, 0.6) is 0 Å². The van der Waals surface area contributed by atoms with Gasteiger partial charge in [-0.1, -0.05) is 0 Å². The van der Waals surface area contributed by atoms with Gasteiger partial charge in [0.25, 0.3) is 6.01 Å². The van der Waals surface area contributed by atoms with Gasteiger partial charge in [-0.25, -0.2) is 8.42 Å². The molecule has 0 radical (unpaired) electrons. The minimum Gasteiger partial charge on any atom is -0.432 e. The Morgan fingerprint density at radius 1 is 1.50 bits per heavy atom. The van der Waals surface area contributed by atoms with E-state index in [1.165, 1.54) is 0 Å². The van der Waals surface area contributed by atoms with E-state index in [9.17, 15) is 8.42 Å². The molecule has 1 aliphatic heterocycles. The van der Waals surface area contributed by atoms with E-state index in [2.05, 4.69) is 31.1 Å². The van der Waals surface area contributed by atoms with Gasteiger partial charge in [0.2, 0.25) is 0 Å². The van der Waals surface area contributed by atoms with E-state index < -0.39 is 9.84 Å². The lowest BCUT2D eigenvalue weighted by molar-refractivity contribution is 0.421. The normalized spacial score (nSPS) is 23.0. The van der Waals surface area contributed by atoms with E-state index in [4.69, 9.17) is 4.42 Å². The van der Waals surface area contributed by atoms with Gasteiger partial charge in [0, 0.05) is 24.7 Å². The van der Waals surface area contributed by atoms with Crippen LogP contribution in [-0.2, 0) is 16.4 Å². The van der Waals surface area contributed by atoms with Crippen LogP contribution < -0.4 is 10.2 Å². The molecule has 1 unspecified atom stereocenters. The van der Waals surface area contributed by atoms with Crippen molar-refractivity contribution in [2.45, 2.75) is 45.8 Å². The molecule has 2 heterocycles. The van der Waals surface area contributed by atoms with Gasteiger partial charge in [-0.05, 0) is 27.7 Å². The zero-order chi connectivity index (χ0) is 15.0. The van der Waals surface area contributed by atoms with Gasteiger partial charge in [0.05, 0.1) is 17.2 Å². The molecular weight excluding hydrogens is 278 g/mol. The number of hydrogen-bond donors (Lipinski definition) is 1. The minimum absolute atomic E-state index is 0.0195. The van der Waals surface area contributed by atoms with E-state index in [0.717, 1.165) is 5.69 Å². The molecule has 0 aromatic carbocycles. The Balaban J connectivity index is 2.02. The molecule has 7 heteroatoms. The SMILES string of the molecule is CC1CS(=O)(=O)CCN1c1nc(CNC(C)(C)C)co1. The Morgan fingerprint density at radius 3 is 2.80 bits per heavy atom. The number of nitrogens with one attached hydrogen (secondary N) is 1. The highest BCUT2D eigenvalue weighted by molar-refractivity contribution is 7.91. The average Bonchev–Trinajstić information content (AvgIpc) is 2.72. The third-order valence-corrected chi connectivity index (χ3v) is 5.05. The number of oxazole rings is 1. The molecule has 1 aliphatic rings. The zero-order valence-corrected chi connectivity index (χ0v) is 13.3. The molecule has 20 heavy (non-hydrogen) atoms. The molecule has 1 aromatic heterocycles.